The van der Waals surface area contributed by atoms with E-state index in [0.717, 1.165) is 0 Å². The van der Waals surface area contributed by atoms with Gasteiger partial charge in [0.2, 0.25) is 15.9 Å². The van der Waals surface area contributed by atoms with Gasteiger partial charge in [0.25, 0.3) is 0 Å². The first-order chi connectivity index (χ1) is 11.7. The van der Waals surface area contributed by atoms with Gasteiger partial charge in [-0.3, -0.25) is 4.79 Å². The molecule has 7 nitrogen and oxygen atoms in total. The van der Waals surface area contributed by atoms with E-state index in [4.69, 9.17) is 22.1 Å². The molecule has 0 aromatic heterocycles. The SMILES string of the molecule is COc1ccc(Cl)cc1S(=O)(=O)N1CCN(C(=O)[C@@H](N)C(C)C)CC1. The second-order valence-corrected chi connectivity index (χ2v) is 8.64. The van der Waals surface area contributed by atoms with E-state index in [-0.39, 0.29) is 35.6 Å². The lowest BCUT2D eigenvalue weighted by molar-refractivity contribution is -0.134. The molecule has 1 heterocycles. The molecule has 1 aromatic rings. The fraction of sp³-hybridized carbons (Fsp3) is 0.562. The third kappa shape index (κ3) is 4.25. The number of hydrogen-bond acceptors (Lipinski definition) is 5. The Morgan fingerprint density at radius 3 is 2.36 bits per heavy atom. The number of benzene rings is 1. The van der Waals surface area contributed by atoms with E-state index in [1.54, 1.807) is 11.0 Å². The first kappa shape index (κ1) is 20.0. The van der Waals surface area contributed by atoms with Crippen molar-refractivity contribution < 1.29 is 17.9 Å². The zero-order chi connectivity index (χ0) is 18.8. The molecule has 0 saturated carbocycles. The topological polar surface area (TPSA) is 92.9 Å². The van der Waals surface area contributed by atoms with E-state index >= 15 is 0 Å². The highest BCUT2D eigenvalue weighted by atomic mass is 35.5. The molecule has 2 N–H and O–H groups in total. The molecule has 1 aliphatic rings. The van der Waals surface area contributed by atoms with E-state index < -0.39 is 16.1 Å². The van der Waals surface area contributed by atoms with Crippen molar-refractivity contribution in [2.75, 3.05) is 33.3 Å². The van der Waals surface area contributed by atoms with Gasteiger partial charge in [0.05, 0.1) is 13.2 Å². The maximum Gasteiger partial charge on any atom is 0.246 e. The second kappa shape index (κ2) is 7.90. The summed E-state index contributed by atoms with van der Waals surface area (Å²) in [6, 6.07) is 3.90. The predicted octanol–water partition coefficient (Wildman–Crippen LogP) is 1.16. The van der Waals surface area contributed by atoms with Gasteiger partial charge in [0.1, 0.15) is 10.6 Å². The number of halogens is 1. The number of methoxy groups -OCH3 is 1. The third-order valence-corrected chi connectivity index (χ3v) is 6.45. The summed E-state index contributed by atoms with van der Waals surface area (Å²) in [5, 5.41) is 0.316. The number of sulfonamides is 1. The van der Waals surface area contributed by atoms with E-state index in [0.29, 0.717) is 18.1 Å². The van der Waals surface area contributed by atoms with Crippen molar-refractivity contribution >= 4 is 27.5 Å². The largest absolute Gasteiger partial charge is 0.495 e. The molecular weight excluding hydrogens is 366 g/mol. The molecular formula is C16H24ClN3O4S. The van der Waals surface area contributed by atoms with Crippen LogP contribution in [0.15, 0.2) is 23.1 Å². The maximum atomic E-state index is 12.9. The summed E-state index contributed by atoms with van der Waals surface area (Å²) < 4.78 is 32.3. The van der Waals surface area contributed by atoms with E-state index in [2.05, 4.69) is 0 Å². The zero-order valence-corrected chi connectivity index (χ0v) is 16.2. The lowest BCUT2D eigenvalue weighted by Crippen LogP contribution is -2.55. The van der Waals surface area contributed by atoms with Crippen LogP contribution in [0, 0.1) is 5.92 Å². The molecule has 25 heavy (non-hydrogen) atoms. The minimum absolute atomic E-state index is 0.0289. The normalized spacial score (nSPS) is 17.6. The Kier molecular flexibility index (Phi) is 6.31. The molecule has 0 aliphatic carbocycles. The Hall–Kier alpha value is -1.35. The van der Waals surface area contributed by atoms with Gasteiger partial charge in [0, 0.05) is 31.2 Å². The van der Waals surface area contributed by atoms with Crippen LogP contribution in [0.4, 0.5) is 0 Å². The number of amides is 1. The lowest BCUT2D eigenvalue weighted by Gasteiger charge is -2.35. The molecule has 0 bridgehead atoms. The van der Waals surface area contributed by atoms with E-state index in [1.807, 2.05) is 13.8 Å². The molecule has 9 heteroatoms. The molecule has 0 spiro atoms. The van der Waals surface area contributed by atoms with Gasteiger partial charge in [-0.15, -0.1) is 0 Å². The van der Waals surface area contributed by atoms with Gasteiger partial charge in [-0.05, 0) is 24.1 Å². The summed E-state index contributed by atoms with van der Waals surface area (Å²) in [4.78, 5) is 14.0. The molecule has 1 saturated heterocycles. The number of nitrogens with two attached hydrogens (primary N) is 1. The van der Waals surface area contributed by atoms with Crippen LogP contribution in [-0.2, 0) is 14.8 Å². The molecule has 2 rings (SSSR count). The number of carbonyl (C=O) groups excluding carboxylic acids is 1. The highest BCUT2D eigenvalue weighted by molar-refractivity contribution is 7.89. The molecule has 1 amide bonds. The number of carbonyl (C=O) groups is 1. The number of piperazine rings is 1. The molecule has 1 aromatic carbocycles. The summed E-state index contributed by atoms with van der Waals surface area (Å²) in [6.45, 7) is 4.79. The number of rotatable bonds is 5. The summed E-state index contributed by atoms with van der Waals surface area (Å²) in [5.74, 6) is 0.127. The standard InChI is InChI=1S/C16H24ClN3O4S/c1-11(2)15(18)16(21)19-6-8-20(9-7-19)25(22,23)14-10-12(17)4-5-13(14)24-3/h4-5,10-11,15H,6-9,18H2,1-3H3/t15-/m0/s1. The van der Waals surface area contributed by atoms with Gasteiger partial charge >= 0.3 is 0 Å². The first-order valence-electron chi connectivity index (χ1n) is 8.06. The molecule has 1 aliphatic heterocycles. The van der Waals surface area contributed by atoms with E-state index in [1.165, 1.54) is 23.5 Å². The first-order valence-corrected chi connectivity index (χ1v) is 9.88. The molecule has 1 fully saturated rings. The van der Waals surface area contributed by atoms with Gasteiger partial charge in [-0.25, -0.2) is 8.42 Å². The summed E-state index contributed by atoms with van der Waals surface area (Å²) in [5.41, 5.74) is 5.90. The Morgan fingerprint density at radius 1 is 1.24 bits per heavy atom. The number of nitrogens with zero attached hydrogens (tertiary/aromatic N) is 2. The fourth-order valence-electron chi connectivity index (χ4n) is 2.64. The second-order valence-electron chi connectivity index (χ2n) is 6.29. The molecule has 140 valence electrons. The van der Waals surface area contributed by atoms with Crippen molar-refractivity contribution in [3.05, 3.63) is 23.2 Å². The van der Waals surface area contributed by atoms with Crippen molar-refractivity contribution in [2.45, 2.75) is 24.8 Å². The molecule has 0 unspecified atom stereocenters. The van der Waals surface area contributed by atoms with Crippen molar-refractivity contribution in [2.24, 2.45) is 11.7 Å². The molecule has 0 radical (unpaired) electrons. The van der Waals surface area contributed by atoms with Crippen LogP contribution in [0.2, 0.25) is 5.02 Å². The van der Waals surface area contributed by atoms with Crippen molar-refractivity contribution in [1.82, 2.24) is 9.21 Å². The fourth-order valence-corrected chi connectivity index (χ4v) is 4.48. The monoisotopic (exact) mass is 389 g/mol. The minimum atomic E-state index is -3.76. The maximum absolute atomic E-state index is 12.9. The van der Waals surface area contributed by atoms with Gasteiger partial charge in [-0.2, -0.15) is 4.31 Å². The quantitative estimate of drug-likeness (QED) is 0.815. The van der Waals surface area contributed by atoms with Crippen LogP contribution >= 0.6 is 11.6 Å². The summed E-state index contributed by atoms with van der Waals surface area (Å²) >= 11 is 5.94. The highest BCUT2D eigenvalue weighted by Crippen LogP contribution is 2.30. The predicted molar refractivity (Wildman–Crippen MR) is 96.2 cm³/mol. The van der Waals surface area contributed by atoms with Crippen LogP contribution in [0.3, 0.4) is 0 Å². The van der Waals surface area contributed by atoms with Crippen LogP contribution < -0.4 is 10.5 Å². The Balaban J connectivity index is 2.15. The van der Waals surface area contributed by atoms with Crippen molar-refractivity contribution in [3.63, 3.8) is 0 Å². The number of hydrogen-bond donors (Lipinski definition) is 1. The van der Waals surface area contributed by atoms with Crippen LogP contribution in [0.1, 0.15) is 13.8 Å². The van der Waals surface area contributed by atoms with Gasteiger partial charge < -0.3 is 15.4 Å². The van der Waals surface area contributed by atoms with Crippen molar-refractivity contribution in [3.8, 4) is 5.75 Å². The van der Waals surface area contributed by atoms with Gasteiger partial charge in [0.15, 0.2) is 0 Å². The third-order valence-electron chi connectivity index (χ3n) is 4.30. The highest BCUT2D eigenvalue weighted by Gasteiger charge is 2.33. The van der Waals surface area contributed by atoms with Crippen LogP contribution in [0.5, 0.6) is 5.75 Å². The van der Waals surface area contributed by atoms with Crippen LogP contribution in [0.25, 0.3) is 0 Å². The lowest BCUT2D eigenvalue weighted by atomic mass is 10.0. The minimum Gasteiger partial charge on any atom is -0.495 e. The Labute approximate surface area is 153 Å². The van der Waals surface area contributed by atoms with Crippen LogP contribution in [-0.4, -0.2) is 62.9 Å². The zero-order valence-electron chi connectivity index (χ0n) is 14.6. The van der Waals surface area contributed by atoms with Gasteiger partial charge in [-0.1, -0.05) is 25.4 Å². The average Bonchev–Trinajstić information content (AvgIpc) is 2.60. The van der Waals surface area contributed by atoms with Crippen molar-refractivity contribution in [1.29, 1.82) is 0 Å². The smallest absolute Gasteiger partial charge is 0.246 e. The molecule has 1 atom stereocenters. The van der Waals surface area contributed by atoms with E-state index in [9.17, 15) is 13.2 Å². The summed E-state index contributed by atoms with van der Waals surface area (Å²) in [6.07, 6.45) is 0. The number of ether oxygens (including phenoxy) is 1. The summed E-state index contributed by atoms with van der Waals surface area (Å²) in [7, 11) is -2.35. The Bertz CT molecular complexity index is 731. The Morgan fingerprint density at radius 2 is 1.84 bits per heavy atom. The average molecular weight is 390 g/mol.